The fourth-order valence-electron chi connectivity index (χ4n) is 2.54. The van der Waals surface area contributed by atoms with Crippen LogP contribution in [0.15, 0.2) is 24.3 Å². The van der Waals surface area contributed by atoms with Crippen molar-refractivity contribution in [3.8, 4) is 0 Å². The van der Waals surface area contributed by atoms with E-state index < -0.39 is 12.7 Å². The van der Waals surface area contributed by atoms with Crippen molar-refractivity contribution in [2.75, 3.05) is 18.1 Å². The topological polar surface area (TPSA) is 49.4 Å². The predicted molar refractivity (Wildman–Crippen MR) is 80.1 cm³/mol. The van der Waals surface area contributed by atoms with E-state index in [1.165, 1.54) is 0 Å². The first kappa shape index (κ1) is 15.5. The SMILES string of the molecule is CCC(C)C1NC(=O)c2ccccc2N(CCCF)C1=O. The molecule has 1 aromatic rings. The van der Waals surface area contributed by atoms with Gasteiger partial charge in [0.15, 0.2) is 0 Å². The van der Waals surface area contributed by atoms with Crippen LogP contribution >= 0.6 is 0 Å². The highest BCUT2D eigenvalue weighted by molar-refractivity contribution is 6.11. The van der Waals surface area contributed by atoms with Crippen molar-refractivity contribution in [3.05, 3.63) is 29.8 Å². The fourth-order valence-corrected chi connectivity index (χ4v) is 2.54. The van der Waals surface area contributed by atoms with E-state index in [4.69, 9.17) is 0 Å². The van der Waals surface area contributed by atoms with E-state index in [9.17, 15) is 14.0 Å². The summed E-state index contributed by atoms with van der Waals surface area (Å²) in [5.41, 5.74) is 1.04. The molecule has 1 aliphatic heterocycles. The number of amides is 2. The van der Waals surface area contributed by atoms with Crippen molar-refractivity contribution in [3.63, 3.8) is 0 Å². The van der Waals surface area contributed by atoms with Gasteiger partial charge in [-0.3, -0.25) is 14.0 Å². The molecule has 0 saturated heterocycles. The molecule has 1 aliphatic rings. The van der Waals surface area contributed by atoms with Gasteiger partial charge in [-0.1, -0.05) is 32.4 Å². The first-order chi connectivity index (χ1) is 10.1. The number of halogens is 1. The van der Waals surface area contributed by atoms with Gasteiger partial charge in [0.1, 0.15) is 6.04 Å². The molecule has 4 nitrogen and oxygen atoms in total. The number of hydrogen-bond acceptors (Lipinski definition) is 2. The summed E-state index contributed by atoms with van der Waals surface area (Å²) in [5.74, 6) is -0.369. The largest absolute Gasteiger partial charge is 0.340 e. The quantitative estimate of drug-likeness (QED) is 0.906. The lowest BCUT2D eigenvalue weighted by molar-refractivity contribution is -0.121. The normalized spacial score (nSPS) is 19.8. The van der Waals surface area contributed by atoms with E-state index in [0.29, 0.717) is 11.3 Å². The Morgan fingerprint density at radius 2 is 2.05 bits per heavy atom. The van der Waals surface area contributed by atoms with E-state index in [-0.39, 0.29) is 30.7 Å². The molecule has 1 N–H and O–H groups in total. The molecular weight excluding hydrogens is 271 g/mol. The second-order valence-corrected chi connectivity index (χ2v) is 5.39. The fraction of sp³-hybridized carbons (Fsp3) is 0.500. The van der Waals surface area contributed by atoms with Crippen molar-refractivity contribution in [2.45, 2.75) is 32.7 Å². The Labute approximate surface area is 124 Å². The van der Waals surface area contributed by atoms with E-state index in [1.807, 2.05) is 13.8 Å². The monoisotopic (exact) mass is 292 g/mol. The number of hydrogen-bond donors (Lipinski definition) is 1. The molecule has 1 aromatic carbocycles. The van der Waals surface area contributed by atoms with Crippen LogP contribution in [-0.2, 0) is 4.79 Å². The average Bonchev–Trinajstić information content (AvgIpc) is 2.61. The zero-order chi connectivity index (χ0) is 15.4. The number of carbonyl (C=O) groups is 2. The molecule has 0 bridgehead atoms. The van der Waals surface area contributed by atoms with Crippen LogP contribution in [0, 0.1) is 5.92 Å². The first-order valence-electron chi connectivity index (χ1n) is 7.37. The minimum Gasteiger partial charge on any atom is -0.340 e. The van der Waals surface area contributed by atoms with Gasteiger partial charge in [-0.05, 0) is 24.5 Å². The standard InChI is InChI=1S/C16H21FN2O2/c1-3-11(2)14-16(21)19(10-6-9-17)13-8-5-4-7-12(13)15(20)18-14/h4-5,7-8,11,14H,3,6,9-10H2,1-2H3,(H,18,20). The highest BCUT2D eigenvalue weighted by Crippen LogP contribution is 2.26. The van der Waals surface area contributed by atoms with Crippen LogP contribution in [0.2, 0.25) is 0 Å². The Bertz CT molecular complexity index is 533. The lowest BCUT2D eigenvalue weighted by Gasteiger charge is -2.27. The van der Waals surface area contributed by atoms with Crippen LogP contribution in [0.1, 0.15) is 37.0 Å². The summed E-state index contributed by atoms with van der Waals surface area (Å²) < 4.78 is 12.5. The van der Waals surface area contributed by atoms with Crippen LogP contribution in [0.25, 0.3) is 0 Å². The van der Waals surface area contributed by atoms with Crippen molar-refractivity contribution in [1.29, 1.82) is 0 Å². The number of fused-ring (bicyclic) bond motifs is 1. The number of benzene rings is 1. The van der Waals surface area contributed by atoms with E-state index in [0.717, 1.165) is 6.42 Å². The maximum absolute atomic E-state index is 12.7. The van der Waals surface area contributed by atoms with Gasteiger partial charge >= 0.3 is 0 Å². The van der Waals surface area contributed by atoms with Gasteiger partial charge in [-0.15, -0.1) is 0 Å². The second-order valence-electron chi connectivity index (χ2n) is 5.39. The van der Waals surface area contributed by atoms with E-state index in [1.54, 1.807) is 29.2 Å². The summed E-state index contributed by atoms with van der Waals surface area (Å²) in [7, 11) is 0. The third-order valence-electron chi connectivity index (χ3n) is 3.99. The van der Waals surface area contributed by atoms with Crippen LogP contribution in [0.5, 0.6) is 0 Å². The summed E-state index contributed by atoms with van der Waals surface area (Å²) in [6.07, 6.45) is 1.05. The molecule has 0 radical (unpaired) electrons. The molecule has 1 heterocycles. The summed E-state index contributed by atoms with van der Waals surface area (Å²) in [6, 6.07) is 6.42. The Hall–Kier alpha value is -1.91. The smallest absolute Gasteiger partial charge is 0.254 e. The van der Waals surface area contributed by atoms with Crippen LogP contribution in [0.3, 0.4) is 0 Å². The molecule has 0 spiro atoms. The molecule has 21 heavy (non-hydrogen) atoms. The molecule has 0 fully saturated rings. The van der Waals surface area contributed by atoms with Gasteiger partial charge in [0.2, 0.25) is 5.91 Å². The van der Waals surface area contributed by atoms with E-state index in [2.05, 4.69) is 5.32 Å². The molecule has 2 amide bonds. The number of anilines is 1. The van der Waals surface area contributed by atoms with Crippen molar-refractivity contribution in [1.82, 2.24) is 5.32 Å². The molecule has 0 aromatic heterocycles. The molecule has 0 saturated carbocycles. The van der Waals surface area contributed by atoms with Gasteiger partial charge in [0.05, 0.1) is 17.9 Å². The zero-order valence-corrected chi connectivity index (χ0v) is 12.4. The van der Waals surface area contributed by atoms with Crippen LogP contribution in [-0.4, -0.2) is 31.1 Å². The van der Waals surface area contributed by atoms with Crippen LogP contribution in [0.4, 0.5) is 10.1 Å². The molecule has 2 rings (SSSR count). The third-order valence-corrected chi connectivity index (χ3v) is 3.99. The van der Waals surface area contributed by atoms with Gasteiger partial charge in [0, 0.05) is 6.54 Å². The Balaban J connectivity index is 2.43. The minimum absolute atomic E-state index is 0.0311. The zero-order valence-electron chi connectivity index (χ0n) is 12.4. The molecule has 2 unspecified atom stereocenters. The summed E-state index contributed by atoms with van der Waals surface area (Å²) in [5, 5.41) is 2.82. The highest BCUT2D eigenvalue weighted by Gasteiger charge is 2.35. The van der Waals surface area contributed by atoms with Crippen molar-refractivity contribution in [2.24, 2.45) is 5.92 Å². The molecule has 0 aliphatic carbocycles. The van der Waals surface area contributed by atoms with Gasteiger partial charge < -0.3 is 10.2 Å². The minimum atomic E-state index is -0.561. The lowest BCUT2D eigenvalue weighted by Crippen LogP contribution is -2.49. The number of rotatable bonds is 5. The lowest BCUT2D eigenvalue weighted by atomic mass is 9.98. The first-order valence-corrected chi connectivity index (χ1v) is 7.37. The number of para-hydroxylation sites is 1. The summed E-state index contributed by atoms with van der Waals surface area (Å²) in [6.45, 7) is 3.72. The van der Waals surface area contributed by atoms with Crippen LogP contribution < -0.4 is 10.2 Å². The average molecular weight is 292 g/mol. The van der Waals surface area contributed by atoms with Gasteiger partial charge in [-0.2, -0.15) is 0 Å². The summed E-state index contributed by atoms with van der Waals surface area (Å²) >= 11 is 0. The molecule has 2 atom stereocenters. The van der Waals surface area contributed by atoms with E-state index >= 15 is 0 Å². The molecule has 114 valence electrons. The number of nitrogens with zero attached hydrogens (tertiary/aromatic N) is 1. The predicted octanol–water partition coefficient (Wildman–Crippen LogP) is 2.54. The maximum Gasteiger partial charge on any atom is 0.254 e. The number of nitrogens with one attached hydrogen (secondary N) is 1. The molecular formula is C16H21FN2O2. The molecule has 5 heteroatoms. The third kappa shape index (κ3) is 3.06. The van der Waals surface area contributed by atoms with Gasteiger partial charge in [-0.25, -0.2) is 0 Å². The highest BCUT2D eigenvalue weighted by atomic mass is 19.1. The Kier molecular flexibility index (Phi) is 4.94. The number of carbonyl (C=O) groups excluding carboxylic acids is 2. The van der Waals surface area contributed by atoms with Gasteiger partial charge in [0.25, 0.3) is 5.91 Å². The van der Waals surface area contributed by atoms with Crippen molar-refractivity contribution >= 4 is 17.5 Å². The second kappa shape index (κ2) is 6.70. The summed E-state index contributed by atoms with van der Waals surface area (Å²) in [4.78, 5) is 26.6. The maximum atomic E-state index is 12.7. The number of alkyl halides is 1. The van der Waals surface area contributed by atoms with Crippen molar-refractivity contribution < 1.29 is 14.0 Å². The Morgan fingerprint density at radius 1 is 1.33 bits per heavy atom. The Morgan fingerprint density at radius 3 is 2.71 bits per heavy atom.